The molecule has 7 rings (SSSR count). The zero-order valence-corrected chi connectivity index (χ0v) is 22.5. The number of hydrogen-bond donors (Lipinski definition) is 1. The van der Waals surface area contributed by atoms with Crippen LogP contribution < -0.4 is 5.32 Å². The van der Waals surface area contributed by atoms with Crippen LogP contribution in [0.1, 0.15) is 98.1 Å². The summed E-state index contributed by atoms with van der Waals surface area (Å²) < 4.78 is 2.16. The van der Waals surface area contributed by atoms with Gasteiger partial charge in [-0.1, -0.05) is 87.9 Å². The van der Waals surface area contributed by atoms with Gasteiger partial charge in [0.15, 0.2) is 5.69 Å². The van der Waals surface area contributed by atoms with E-state index < -0.39 is 0 Å². The Balaban J connectivity index is 1.28. The maximum absolute atomic E-state index is 14.1. The minimum Gasteiger partial charge on any atom is -0.347 e. The number of carbonyl (C=O) groups is 1. The summed E-state index contributed by atoms with van der Waals surface area (Å²) in [5, 5.41) is 8.68. The molecule has 0 aliphatic heterocycles. The Morgan fingerprint density at radius 3 is 2.46 bits per heavy atom. The molecule has 2 aromatic carbocycles. The lowest BCUT2D eigenvalue weighted by molar-refractivity contribution is -0.146. The van der Waals surface area contributed by atoms with E-state index in [9.17, 15) is 4.79 Å². The first kappa shape index (κ1) is 23.3. The van der Waals surface area contributed by atoms with Gasteiger partial charge in [-0.2, -0.15) is 5.10 Å². The van der Waals surface area contributed by atoms with E-state index in [2.05, 4.69) is 91.4 Å². The van der Waals surface area contributed by atoms with E-state index in [-0.39, 0.29) is 28.7 Å². The average molecular weight is 494 g/mol. The molecule has 4 aliphatic rings. The summed E-state index contributed by atoms with van der Waals surface area (Å²) in [5.74, 6) is 1.17. The zero-order valence-electron chi connectivity index (χ0n) is 22.5. The van der Waals surface area contributed by atoms with Crippen LogP contribution in [0.5, 0.6) is 0 Å². The van der Waals surface area contributed by atoms with Crippen molar-refractivity contribution in [2.24, 2.45) is 22.2 Å². The van der Waals surface area contributed by atoms with Crippen LogP contribution in [0.15, 0.2) is 60.7 Å². The van der Waals surface area contributed by atoms with Crippen LogP contribution >= 0.6 is 0 Å². The first-order chi connectivity index (χ1) is 17.9. The first-order valence-electron chi connectivity index (χ1n) is 14.4. The Labute approximate surface area is 220 Å². The van der Waals surface area contributed by atoms with Crippen molar-refractivity contribution >= 4 is 5.91 Å². The maximum Gasteiger partial charge on any atom is 0.272 e. The number of hydrogen-bond acceptors (Lipinski definition) is 2. The molecular formula is C33H39N3O. The Morgan fingerprint density at radius 2 is 1.73 bits per heavy atom. The van der Waals surface area contributed by atoms with Crippen LogP contribution in [0.2, 0.25) is 0 Å². The van der Waals surface area contributed by atoms with Gasteiger partial charge in [0, 0.05) is 17.5 Å². The number of nitrogens with one attached hydrogen (secondary N) is 1. The van der Waals surface area contributed by atoms with Crippen molar-refractivity contribution in [2.45, 2.75) is 84.2 Å². The van der Waals surface area contributed by atoms with Gasteiger partial charge in [-0.15, -0.1) is 0 Å². The first-order valence-corrected chi connectivity index (χ1v) is 14.4. The minimum atomic E-state index is 0.0371. The highest BCUT2D eigenvalue weighted by Crippen LogP contribution is 2.88. The van der Waals surface area contributed by atoms with Crippen molar-refractivity contribution in [3.05, 3.63) is 88.7 Å². The van der Waals surface area contributed by atoms with E-state index in [0.717, 1.165) is 31.6 Å². The second kappa shape index (κ2) is 8.06. The fraction of sp³-hybridized carbons (Fsp3) is 0.515. The highest BCUT2D eigenvalue weighted by atomic mass is 16.2. The fourth-order valence-corrected chi connectivity index (χ4v) is 9.52. The van der Waals surface area contributed by atoms with E-state index >= 15 is 0 Å². The van der Waals surface area contributed by atoms with E-state index in [4.69, 9.17) is 5.10 Å². The van der Waals surface area contributed by atoms with Gasteiger partial charge < -0.3 is 5.32 Å². The number of amides is 1. The molecule has 4 heteroatoms. The maximum atomic E-state index is 14.1. The van der Waals surface area contributed by atoms with Gasteiger partial charge in [0.1, 0.15) is 0 Å². The van der Waals surface area contributed by atoms with Crippen LogP contribution in [-0.4, -0.2) is 21.7 Å². The molecule has 1 N–H and O–H groups in total. The number of benzene rings is 2. The topological polar surface area (TPSA) is 46.9 Å². The lowest BCUT2D eigenvalue weighted by atomic mass is 9.41. The van der Waals surface area contributed by atoms with Crippen molar-refractivity contribution in [1.29, 1.82) is 0 Å². The number of fused-ring (bicyclic) bond motifs is 1. The molecule has 5 atom stereocenters. The zero-order chi connectivity index (χ0) is 25.4. The summed E-state index contributed by atoms with van der Waals surface area (Å²) in [5.41, 5.74) is 6.45. The molecule has 3 fully saturated rings. The van der Waals surface area contributed by atoms with Gasteiger partial charge in [0.2, 0.25) is 0 Å². The molecule has 4 unspecified atom stereocenters. The van der Waals surface area contributed by atoms with Crippen LogP contribution in [0.4, 0.5) is 0 Å². The average Bonchev–Trinajstić information content (AvgIpc) is 3.58. The molecule has 4 aliphatic carbocycles. The molecule has 3 aromatic rings. The van der Waals surface area contributed by atoms with E-state index in [1.165, 1.54) is 41.6 Å². The lowest BCUT2D eigenvalue weighted by Gasteiger charge is -2.66. The van der Waals surface area contributed by atoms with Crippen molar-refractivity contribution in [1.82, 2.24) is 15.1 Å². The largest absolute Gasteiger partial charge is 0.347 e. The third-order valence-electron chi connectivity index (χ3n) is 11.1. The predicted molar refractivity (Wildman–Crippen MR) is 147 cm³/mol. The normalized spacial score (nSPS) is 32.9. The fourth-order valence-electron chi connectivity index (χ4n) is 9.52. The molecule has 4 nitrogen and oxygen atoms in total. The highest BCUT2D eigenvalue weighted by Gasteiger charge is 2.85. The standard InChI is InChI=1S/C33H39N3O/c1-31(2)30(32(3)19-18-24-20-33(24,31)32)34-29(37)27-26-17-11-10-16-25(23-14-8-5-9-15-23)28(26)36(35-27)21-22-12-6-4-7-13-22/h4-9,12-15,24-25,30H,10-11,16-21H2,1-3H3,(H,34,37)/t24?,25?,30-,32?,33?/m1/s1. The number of nitrogens with zero attached hydrogens (tertiary/aromatic N) is 2. The van der Waals surface area contributed by atoms with Crippen LogP contribution in [0.25, 0.3) is 0 Å². The van der Waals surface area contributed by atoms with Crippen molar-refractivity contribution in [3.63, 3.8) is 0 Å². The molecule has 1 spiro atoms. The van der Waals surface area contributed by atoms with Crippen molar-refractivity contribution in [2.75, 3.05) is 0 Å². The molecule has 37 heavy (non-hydrogen) atoms. The summed E-state index contributed by atoms with van der Waals surface area (Å²) in [7, 11) is 0. The van der Waals surface area contributed by atoms with E-state index in [1.54, 1.807) is 0 Å². The van der Waals surface area contributed by atoms with Crippen LogP contribution in [-0.2, 0) is 13.0 Å². The summed E-state index contributed by atoms with van der Waals surface area (Å²) in [6, 6.07) is 21.6. The summed E-state index contributed by atoms with van der Waals surface area (Å²) >= 11 is 0. The van der Waals surface area contributed by atoms with Crippen LogP contribution in [0, 0.1) is 22.2 Å². The smallest absolute Gasteiger partial charge is 0.272 e. The Kier molecular flexibility index (Phi) is 5.06. The molecular weight excluding hydrogens is 454 g/mol. The minimum absolute atomic E-state index is 0.0371. The summed E-state index contributed by atoms with van der Waals surface area (Å²) in [4.78, 5) is 14.1. The summed E-state index contributed by atoms with van der Waals surface area (Å²) in [6.45, 7) is 7.92. The molecule has 3 saturated carbocycles. The summed E-state index contributed by atoms with van der Waals surface area (Å²) in [6.07, 6.45) is 8.20. The number of aromatic nitrogens is 2. The molecule has 192 valence electrons. The molecule has 0 saturated heterocycles. The SMILES string of the molecule is CC1(C)[C@@H](NC(=O)c2nn(Cc3ccccc3)c3c2CCCCC3c2ccccc2)C2(C)CCC3CC312. The van der Waals surface area contributed by atoms with Gasteiger partial charge in [-0.05, 0) is 71.8 Å². The Hall–Kier alpha value is -2.88. The van der Waals surface area contributed by atoms with E-state index in [0.29, 0.717) is 17.7 Å². The number of carbonyl (C=O) groups excluding carboxylic acids is 1. The molecule has 1 aromatic heterocycles. The van der Waals surface area contributed by atoms with Gasteiger partial charge in [0.25, 0.3) is 5.91 Å². The second-order valence-corrected chi connectivity index (χ2v) is 13.0. The third-order valence-corrected chi connectivity index (χ3v) is 11.1. The van der Waals surface area contributed by atoms with E-state index in [1.807, 2.05) is 0 Å². The van der Waals surface area contributed by atoms with Crippen molar-refractivity contribution < 1.29 is 4.79 Å². The molecule has 1 heterocycles. The highest BCUT2D eigenvalue weighted by molar-refractivity contribution is 5.94. The molecule has 1 amide bonds. The second-order valence-electron chi connectivity index (χ2n) is 13.0. The van der Waals surface area contributed by atoms with Gasteiger partial charge in [-0.25, -0.2) is 0 Å². The Bertz CT molecular complexity index is 1340. The van der Waals surface area contributed by atoms with Gasteiger partial charge in [0.05, 0.1) is 12.2 Å². The van der Waals surface area contributed by atoms with Crippen molar-refractivity contribution in [3.8, 4) is 0 Å². The number of rotatable bonds is 5. The lowest BCUT2D eigenvalue weighted by Crippen LogP contribution is -2.71. The predicted octanol–water partition coefficient (Wildman–Crippen LogP) is 6.73. The molecule has 0 bridgehead atoms. The third kappa shape index (κ3) is 3.14. The van der Waals surface area contributed by atoms with Crippen LogP contribution in [0.3, 0.4) is 0 Å². The molecule has 0 radical (unpaired) electrons. The van der Waals surface area contributed by atoms with Gasteiger partial charge >= 0.3 is 0 Å². The Morgan fingerprint density at radius 1 is 1.00 bits per heavy atom. The van der Waals surface area contributed by atoms with Gasteiger partial charge in [-0.3, -0.25) is 9.48 Å². The quantitative estimate of drug-likeness (QED) is 0.400. The monoisotopic (exact) mass is 493 g/mol.